The van der Waals surface area contributed by atoms with E-state index in [0.29, 0.717) is 6.42 Å². The van der Waals surface area contributed by atoms with Gasteiger partial charge >= 0.3 is 0 Å². The minimum atomic E-state index is -1.57. The van der Waals surface area contributed by atoms with E-state index in [-0.39, 0.29) is 12.5 Å². The van der Waals surface area contributed by atoms with Crippen molar-refractivity contribution in [3.05, 3.63) is 60.8 Å². The fraction of sp³-hybridized carbons (Fsp3) is 0.833. The number of ether oxygens (including phenoxy) is 2. The average Bonchev–Trinajstić information content (AvgIpc) is 3.41. The molecule has 0 radical (unpaired) electrons. The number of hydrogen-bond donors (Lipinski definition) is 6. The Morgan fingerprint density at radius 3 is 1.21 bits per heavy atom. The molecule has 7 unspecified atom stereocenters. The van der Waals surface area contributed by atoms with Crippen molar-refractivity contribution in [1.29, 1.82) is 0 Å². The van der Waals surface area contributed by atoms with E-state index in [4.69, 9.17) is 9.47 Å². The van der Waals surface area contributed by atoms with Gasteiger partial charge in [0.1, 0.15) is 24.4 Å². The Hall–Kier alpha value is -2.11. The summed E-state index contributed by atoms with van der Waals surface area (Å²) in [5.41, 5.74) is 0. The van der Waals surface area contributed by atoms with E-state index in [1.807, 2.05) is 6.08 Å². The van der Waals surface area contributed by atoms with Crippen molar-refractivity contribution in [2.75, 3.05) is 13.2 Å². The fourth-order valence-electron chi connectivity index (χ4n) is 10.0. The first-order valence-corrected chi connectivity index (χ1v) is 32.0. The topological polar surface area (TPSA) is 149 Å². The van der Waals surface area contributed by atoms with Crippen LogP contribution in [0, 0.1) is 0 Å². The summed E-state index contributed by atoms with van der Waals surface area (Å²) in [5.74, 6) is -0.187. The lowest BCUT2D eigenvalue weighted by atomic mass is 9.99. The normalized spacial score (nSPS) is 19.3. The molecule has 1 heterocycles. The SMILES string of the molecule is CCCCCCC/C=C\C/C=C\C/C=C\CCCCCCCCCCCCCCC(=O)NC(COC1OC(CO)C(O)C(O)C1O)C(O)/C=C/CC/C=C/CCCCCCCCCCCCCCCCCCCCC. The Morgan fingerprint density at radius 1 is 0.453 bits per heavy atom. The summed E-state index contributed by atoms with van der Waals surface area (Å²) in [4.78, 5) is 13.1. The highest BCUT2D eigenvalue weighted by molar-refractivity contribution is 5.76. The summed E-state index contributed by atoms with van der Waals surface area (Å²) in [6.07, 6.45) is 68.7. The summed E-state index contributed by atoms with van der Waals surface area (Å²) < 4.78 is 11.3. The van der Waals surface area contributed by atoms with Crippen LogP contribution in [-0.4, -0.2) is 87.5 Å². The van der Waals surface area contributed by atoms with Crippen LogP contribution < -0.4 is 5.32 Å². The predicted molar refractivity (Wildman–Crippen MR) is 318 cm³/mol. The number of nitrogens with one attached hydrogen (secondary N) is 1. The number of carbonyl (C=O) groups excluding carboxylic acids is 1. The van der Waals surface area contributed by atoms with E-state index in [9.17, 15) is 30.3 Å². The third-order valence-corrected chi connectivity index (χ3v) is 15.1. The van der Waals surface area contributed by atoms with Gasteiger partial charge in [0, 0.05) is 6.42 Å². The van der Waals surface area contributed by atoms with Gasteiger partial charge in [-0.3, -0.25) is 4.79 Å². The van der Waals surface area contributed by atoms with Crippen LogP contribution in [0.3, 0.4) is 0 Å². The van der Waals surface area contributed by atoms with Gasteiger partial charge in [0.2, 0.25) is 5.91 Å². The number of aliphatic hydroxyl groups is 5. The molecule has 9 nitrogen and oxygen atoms in total. The van der Waals surface area contributed by atoms with Gasteiger partial charge in [-0.15, -0.1) is 0 Å². The molecule has 1 amide bonds. The average molecular weight is 1060 g/mol. The van der Waals surface area contributed by atoms with Crippen molar-refractivity contribution < 1.29 is 39.8 Å². The molecule has 0 aromatic carbocycles. The van der Waals surface area contributed by atoms with Crippen LogP contribution in [-0.2, 0) is 14.3 Å². The molecule has 75 heavy (non-hydrogen) atoms. The van der Waals surface area contributed by atoms with Gasteiger partial charge in [0.05, 0.1) is 25.4 Å². The van der Waals surface area contributed by atoms with E-state index < -0.39 is 49.5 Å². The molecule has 0 bridgehead atoms. The van der Waals surface area contributed by atoms with E-state index in [0.717, 1.165) is 51.4 Å². The number of hydrogen-bond acceptors (Lipinski definition) is 8. The zero-order valence-corrected chi connectivity index (χ0v) is 48.8. The summed E-state index contributed by atoms with van der Waals surface area (Å²) in [5, 5.41) is 54.6. The Balaban J connectivity index is 2.21. The van der Waals surface area contributed by atoms with Crippen LogP contribution in [0.5, 0.6) is 0 Å². The molecule has 9 heteroatoms. The molecule has 0 spiro atoms. The number of aliphatic hydroxyl groups excluding tert-OH is 5. The van der Waals surface area contributed by atoms with Crippen LogP contribution in [0.15, 0.2) is 60.8 Å². The molecule has 1 rings (SSSR count). The minimum absolute atomic E-state index is 0.187. The minimum Gasteiger partial charge on any atom is -0.394 e. The lowest BCUT2D eigenvalue weighted by Gasteiger charge is -2.40. The molecule has 1 saturated heterocycles. The molecular formula is C66H121NO8. The van der Waals surface area contributed by atoms with Crippen molar-refractivity contribution in [1.82, 2.24) is 5.32 Å². The molecule has 0 aliphatic carbocycles. The first-order valence-electron chi connectivity index (χ1n) is 32.0. The molecule has 0 aromatic rings. The number of allylic oxidation sites excluding steroid dienone is 9. The van der Waals surface area contributed by atoms with Gasteiger partial charge in [-0.1, -0.05) is 280 Å². The molecule has 0 aromatic heterocycles. The number of rotatable bonds is 55. The van der Waals surface area contributed by atoms with Gasteiger partial charge in [-0.25, -0.2) is 0 Å². The van der Waals surface area contributed by atoms with Crippen LogP contribution >= 0.6 is 0 Å². The molecule has 1 aliphatic heterocycles. The molecule has 6 N–H and O–H groups in total. The van der Waals surface area contributed by atoms with Gasteiger partial charge < -0.3 is 40.3 Å². The maximum Gasteiger partial charge on any atom is 0.220 e. The molecule has 1 fully saturated rings. The Kier molecular flexibility index (Phi) is 52.2. The van der Waals surface area contributed by atoms with E-state index in [2.05, 4.69) is 67.8 Å². The lowest BCUT2D eigenvalue weighted by Crippen LogP contribution is -2.60. The standard InChI is InChI=1S/C66H121NO8/c1-3-5-7-9-11-13-15-17-19-21-23-25-27-29-30-32-34-36-38-40-42-44-46-48-50-52-54-56-62(70)67-59(58-74-66-65(73)64(72)63(71)61(57-68)75-66)60(69)55-53-51-49-47-45-43-41-39-37-35-33-31-28-26-24-22-20-18-16-14-12-10-8-6-4-2/h15,17,21,23,27,29,45,47,53,55,59-61,63-66,68-69,71-73H,3-14,16,18-20,22,24-26,28,30-44,46,48-52,54,56-58H2,1-2H3,(H,67,70)/b17-15-,23-21-,29-27-,47-45+,55-53+. The van der Waals surface area contributed by atoms with Crippen LogP contribution in [0.1, 0.15) is 296 Å². The summed E-state index contributed by atoms with van der Waals surface area (Å²) in [7, 11) is 0. The van der Waals surface area contributed by atoms with E-state index in [1.165, 1.54) is 225 Å². The smallest absolute Gasteiger partial charge is 0.220 e. The number of unbranched alkanes of at least 4 members (excludes halogenated alkanes) is 37. The largest absolute Gasteiger partial charge is 0.394 e. The summed E-state index contributed by atoms with van der Waals surface area (Å²) in [6, 6.07) is -0.826. The van der Waals surface area contributed by atoms with Gasteiger partial charge in [-0.05, 0) is 70.6 Å². The fourth-order valence-corrected chi connectivity index (χ4v) is 10.0. The molecule has 7 atom stereocenters. The summed E-state index contributed by atoms with van der Waals surface area (Å²) in [6.45, 7) is 3.78. The number of carbonyl (C=O) groups is 1. The van der Waals surface area contributed by atoms with E-state index in [1.54, 1.807) is 6.08 Å². The maximum atomic E-state index is 13.1. The second-order valence-electron chi connectivity index (χ2n) is 22.2. The maximum absolute atomic E-state index is 13.1. The molecule has 1 aliphatic rings. The Morgan fingerprint density at radius 2 is 0.800 bits per heavy atom. The van der Waals surface area contributed by atoms with Gasteiger partial charge in [0.25, 0.3) is 0 Å². The lowest BCUT2D eigenvalue weighted by molar-refractivity contribution is -0.302. The highest BCUT2D eigenvalue weighted by Gasteiger charge is 2.44. The molecular weight excluding hydrogens is 935 g/mol. The van der Waals surface area contributed by atoms with Crippen LogP contribution in [0.2, 0.25) is 0 Å². The molecule has 0 saturated carbocycles. The first-order chi connectivity index (χ1) is 36.8. The van der Waals surface area contributed by atoms with Gasteiger partial charge in [-0.2, -0.15) is 0 Å². The van der Waals surface area contributed by atoms with Crippen LogP contribution in [0.25, 0.3) is 0 Å². The number of amides is 1. The zero-order valence-electron chi connectivity index (χ0n) is 48.8. The van der Waals surface area contributed by atoms with Crippen molar-refractivity contribution in [3.8, 4) is 0 Å². The van der Waals surface area contributed by atoms with E-state index >= 15 is 0 Å². The van der Waals surface area contributed by atoms with Crippen molar-refractivity contribution in [2.24, 2.45) is 0 Å². The highest BCUT2D eigenvalue weighted by atomic mass is 16.7. The summed E-state index contributed by atoms with van der Waals surface area (Å²) >= 11 is 0. The Labute approximate surface area is 462 Å². The van der Waals surface area contributed by atoms with Gasteiger partial charge in [0.15, 0.2) is 6.29 Å². The molecule has 438 valence electrons. The third-order valence-electron chi connectivity index (χ3n) is 15.1. The second kappa shape index (κ2) is 55.2. The predicted octanol–water partition coefficient (Wildman–Crippen LogP) is 16.6. The second-order valence-corrected chi connectivity index (χ2v) is 22.2. The Bertz CT molecular complexity index is 1360. The van der Waals surface area contributed by atoms with Crippen molar-refractivity contribution >= 4 is 5.91 Å². The zero-order chi connectivity index (χ0) is 54.3. The monoisotopic (exact) mass is 1060 g/mol. The highest BCUT2D eigenvalue weighted by Crippen LogP contribution is 2.23. The first kappa shape index (κ1) is 70.9. The van der Waals surface area contributed by atoms with Crippen LogP contribution in [0.4, 0.5) is 0 Å². The quantitative estimate of drug-likeness (QED) is 0.0261. The third kappa shape index (κ3) is 44.4. The van der Waals surface area contributed by atoms with Crippen molar-refractivity contribution in [2.45, 2.75) is 339 Å². The van der Waals surface area contributed by atoms with Crippen molar-refractivity contribution in [3.63, 3.8) is 0 Å².